The molecular formula is C14H27N7O6S. The van der Waals surface area contributed by atoms with Crippen LogP contribution >= 0.6 is 12.6 Å². The Morgan fingerprint density at radius 2 is 1.71 bits per heavy atom. The number of aliphatic hydroxyl groups excluding tert-OH is 1. The third kappa shape index (κ3) is 10.5. The van der Waals surface area contributed by atoms with Gasteiger partial charge in [-0.05, 0) is 12.8 Å². The lowest BCUT2D eigenvalue weighted by atomic mass is 10.1. The van der Waals surface area contributed by atoms with E-state index >= 15 is 0 Å². The number of hydrogen-bond acceptors (Lipinski definition) is 8. The third-order valence-corrected chi connectivity index (χ3v) is 3.74. The highest BCUT2D eigenvalue weighted by Gasteiger charge is 2.26. The number of nitrogens with one attached hydrogen (secondary N) is 3. The summed E-state index contributed by atoms with van der Waals surface area (Å²) in [5.74, 6) is -3.64. The van der Waals surface area contributed by atoms with Crippen LogP contribution in [0.15, 0.2) is 4.99 Å². The first-order chi connectivity index (χ1) is 13.1. The quantitative estimate of drug-likeness (QED) is 0.0601. The maximum absolute atomic E-state index is 12.1. The maximum Gasteiger partial charge on any atom is 0.326 e. The van der Waals surface area contributed by atoms with Crippen molar-refractivity contribution in [1.29, 1.82) is 0 Å². The van der Waals surface area contributed by atoms with Crippen LogP contribution in [0.1, 0.15) is 12.8 Å². The van der Waals surface area contributed by atoms with Gasteiger partial charge in [0.25, 0.3) is 0 Å². The van der Waals surface area contributed by atoms with E-state index in [1.165, 1.54) is 0 Å². The largest absolute Gasteiger partial charge is 0.480 e. The fourth-order valence-electron chi connectivity index (χ4n) is 1.85. The van der Waals surface area contributed by atoms with Gasteiger partial charge < -0.3 is 43.4 Å². The number of carboxylic acids is 1. The van der Waals surface area contributed by atoms with Crippen LogP contribution in [0, 0.1) is 0 Å². The van der Waals surface area contributed by atoms with Crippen molar-refractivity contribution in [2.45, 2.75) is 31.0 Å². The second-order valence-corrected chi connectivity index (χ2v) is 6.02. The molecule has 0 rings (SSSR count). The molecule has 14 heteroatoms. The van der Waals surface area contributed by atoms with E-state index in [0.717, 1.165) is 0 Å². The van der Waals surface area contributed by atoms with Crippen molar-refractivity contribution in [3.63, 3.8) is 0 Å². The molecule has 0 aliphatic rings. The van der Waals surface area contributed by atoms with Gasteiger partial charge in [-0.2, -0.15) is 12.6 Å². The molecule has 0 aromatic rings. The van der Waals surface area contributed by atoms with Crippen molar-refractivity contribution in [3.8, 4) is 0 Å². The Morgan fingerprint density at radius 1 is 1.07 bits per heavy atom. The average molecular weight is 421 g/mol. The van der Waals surface area contributed by atoms with E-state index in [2.05, 4.69) is 33.6 Å². The molecule has 0 aromatic heterocycles. The monoisotopic (exact) mass is 421 g/mol. The summed E-state index contributed by atoms with van der Waals surface area (Å²) in [6.07, 6.45) is 0.310. The van der Waals surface area contributed by atoms with Crippen molar-refractivity contribution in [2.24, 2.45) is 22.2 Å². The molecule has 0 aliphatic heterocycles. The molecule has 0 saturated carbocycles. The SMILES string of the molecule is NC(N)=NCCCC(NC(=O)C(CO)NC(=O)CNC(=O)C(N)CS)C(=O)O. The summed E-state index contributed by atoms with van der Waals surface area (Å²) in [5.41, 5.74) is 15.7. The minimum atomic E-state index is -1.40. The van der Waals surface area contributed by atoms with Gasteiger partial charge in [-0.15, -0.1) is 0 Å². The number of amides is 3. The van der Waals surface area contributed by atoms with E-state index in [1.54, 1.807) is 0 Å². The highest BCUT2D eigenvalue weighted by atomic mass is 32.1. The first-order valence-electron chi connectivity index (χ1n) is 8.25. The molecule has 28 heavy (non-hydrogen) atoms. The molecule has 0 fully saturated rings. The van der Waals surface area contributed by atoms with E-state index in [4.69, 9.17) is 17.2 Å². The van der Waals surface area contributed by atoms with Crippen LogP contribution in [0.5, 0.6) is 0 Å². The molecule has 0 radical (unpaired) electrons. The minimum Gasteiger partial charge on any atom is -0.480 e. The molecule has 0 aliphatic carbocycles. The first-order valence-corrected chi connectivity index (χ1v) is 8.88. The van der Waals surface area contributed by atoms with Gasteiger partial charge in [-0.3, -0.25) is 19.4 Å². The molecule has 13 nitrogen and oxygen atoms in total. The topological polar surface area (TPSA) is 235 Å². The molecule has 11 N–H and O–H groups in total. The summed E-state index contributed by atoms with van der Waals surface area (Å²) in [7, 11) is 0. The summed E-state index contributed by atoms with van der Waals surface area (Å²) in [5, 5.41) is 25.1. The molecule has 0 aromatic carbocycles. The number of nitrogens with two attached hydrogens (primary N) is 3. The zero-order valence-electron chi connectivity index (χ0n) is 15.1. The van der Waals surface area contributed by atoms with Gasteiger partial charge in [0.05, 0.1) is 19.2 Å². The lowest BCUT2D eigenvalue weighted by Gasteiger charge is -2.20. The van der Waals surface area contributed by atoms with E-state index in [1.807, 2.05) is 0 Å². The van der Waals surface area contributed by atoms with Gasteiger partial charge in [-0.1, -0.05) is 0 Å². The molecule has 160 valence electrons. The van der Waals surface area contributed by atoms with Gasteiger partial charge >= 0.3 is 5.97 Å². The van der Waals surface area contributed by atoms with Crippen LogP contribution in [0.4, 0.5) is 0 Å². The van der Waals surface area contributed by atoms with E-state index in [-0.39, 0.29) is 31.1 Å². The Morgan fingerprint density at radius 3 is 2.21 bits per heavy atom. The van der Waals surface area contributed by atoms with Gasteiger partial charge in [0.2, 0.25) is 17.7 Å². The Bertz CT molecular complexity index is 585. The number of nitrogens with zero attached hydrogens (tertiary/aromatic N) is 1. The number of rotatable bonds is 13. The summed E-state index contributed by atoms with van der Waals surface area (Å²) in [6.45, 7) is -1.08. The van der Waals surface area contributed by atoms with Crippen LogP contribution in [0.2, 0.25) is 0 Å². The number of guanidine groups is 1. The number of carbonyl (C=O) groups excluding carboxylic acids is 3. The van der Waals surface area contributed by atoms with Crippen molar-refractivity contribution in [1.82, 2.24) is 16.0 Å². The van der Waals surface area contributed by atoms with Crippen LogP contribution in [0.3, 0.4) is 0 Å². The van der Waals surface area contributed by atoms with Crippen molar-refractivity contribution in [2.75, 3.05) is 25.4 Å². The Kier molecular flexibility index (Phi) is 12.3. The average Bonchev–Trinajstić information content (AvgIpc) is 2.64. The first kappa shape index (κ1) is 25.4. The van der Waals surface area contributed by atoms with Gasteiger partial charge in [0.15, 0.2) is 5.96 Å². The maximum atomic E-state index is 12.1. The zero-order chi connectivity index (χ0) is 21.7. The molecule has 3 atom stereocenters. The molecule has 0 bridgehead atoms. The normalized spacial score (nSPS) is 13.5. The fraction of sp³-hybridized carbons (Fsp3) is 0.643. The number of thiol groups is 1. The molecule has 0 saturated heterocycles. The van der Waals surface area contributed by atoms with Crippen molar-refractivity contribution >= 4 is 42.3 Å². The molecule has 0 spiro atoms. The number of carbonyl (C=O) groups is 4. The number of carboxylic acid groups (broad SMARTS) is 1. The van der Waals surface area contributed by atoms with E-state index in [9.17, 15) is 29.4 Å². The van der Waals surface area contributed by atoms with Crippen molar-refractivity contribution < 1.29 is 29.4 Å². The lowest BCUT2D eigenvalue weighted by molar-refractivity contribution is -0.142. The molecule has 3 amide bonds. The highest BCUT2D eigenvalue weighted by molar-refractivity contribution is 7.80. The smallest absolute Gasteiger partial charge is 0.326 e. The molecular weight excluding hydrogens is 394 g/mol. The lowest BCUT2D eigenvalue weighted by Crippen LogP contribution is -2.55. The zero-order valence-corrected chi connectivity index (χ0v) is 16.0. The highest BCUT2D eigenvalue weighted by Crippen LogP contribution is 2.00. The second kappa shape index (κ2) is 13.6. The van der Waals surface area contributed by atoms with Crippen LogP contribution in [-0.2, 0) is 19.2 Å². The Hall–Kier alpha value is -2.58. The van der Waals surface area contributed by atoms with Crippen LogP contribution in [0.25, 0.3) is 0 Å². The number of aliphatic hydroxyl groups is 1. The predicted molar refractivity (Wildman–Crippen MR) is 103 cm³/mol. The fourth-order valence-corrected chi connectivity index (χ4v) is 2.02. The Balaban J connectivity index is 4.61. The van der Waals surface area contributed by atoms with Crippen LogP contribution < -0.4 is 33.2 Å². The minimum absolute atomic E-state index is 0.0294. The third-order valence-electron chi connectivity index (χ3n) is 3.35. The van der Waals surface area contributed by atoms with Gasteiger partial charge in [-0.25, -0.2) is 4.79 Å². The van der Waals surface area contributed by atoms with Crippen molar-refractivity contribution in [3.05, 3.63) is 0 Å². The van der Waals surface area contributed by atoms with Crippen LogP contribution in [-0.4, -0.2) is 83.4 Å². The Labute approximate surface area is 166 Å². The van der Waals surface area contributed by atoms with E-state index < -0.39 is 55.0 Å². The van der Waals surface area contributed by atoms with E-state index in [0.29, 0.717) is 0 Å². The predicted octanol–water partition coefficient (Wildman–Crippen LogP) is -4.54. The molecule has 3 unspecified atom stereocenters. The standard InChI is InChI=1S/C14H27N7O6S/c15-7(6-28)11(24)19-4-10(23)20-9(5-22)12(25)21-8(13(26)27)2-1-3-18-14(16)17/h7-9,22,28H,1-6,15H2,(H,19,24)(H,20,23)(H,21,25)(H,26,27)(H4,16,17,18). The number of aliphatic carboxylic acids is 1. The number of aliphatic imine (C=N–C) groups is 1. The second-order valence-electron chi connectivity index (χ2n) is 5.66. The number of hydrogen-bond donors (Lipinski definition) is 9. The molecule has 0 heterocycles. The summed E-state index contributed by atoms with van der Waals surface area (Å²) in [6, 6.07) is -3.56. The summed E-state index contributed by atoms with van der Waals surface area (Å²) >= 11 is 3.85. The van der Waals surface area contributed by atoms with Gasteiger partial charge in [0, 0.05) is 12.3 Å². The summed E-state index contributed by atoms with van der Waals surface area (Å²) < 4.78 is 0. The summed E-state index contributed by atoms with van der Waals surface area (Å²) in [4.78, 5) is 50.3. The van der Waals surface area contributed by atoms with Gasteiger partial charge in [0.1, 0.15) is 12.1 Å².